The number of nitrogens with two attached hydrogens (primary N) is 1. The van der Waals surface area contributed by atoms with Crippen molar-refractivity contribution >= 4 is 30.2 Å². The van der Waals surface area contributed by atoms with E-state index in [9.17, 15) is 39.3 Å². The zero-order chi connectivity index (χ0) is 28.0. The van der Waals surface area contributed by atoms with E-state index in [1.807, 2.05) is 0 Å². The first kappa shape index (κ1) is 27.9. The Hall–Kier alpha value is -4.69. The van der Waals surface area contributed by atoms with Gasteiger partial charge in [0.15, 0.2) is 12.1 Å². The van der Waals surface area contributed by atoms with Crippen molar-refractivity contribution in [3.63, 3.8) is 0 Å². The van der Waals surface area contributed by atoms with Crippen LogP contribution in [0, 0.1) is 0 Å². The molecule has 4 atom stereocenters. The number of hydrogen-bond donors (Lipinski definition) is 7. The normalized spacial score (nSPS) is 18.9. The van der Waals surface area contributed by atoms with E-state index in [4.69, 9.17) is 15.6 Å². The second-order valence-corrected chi connectivity index (χ2v) is 8.48. The molecule has 0 saturated carbocycles. The van der Waals surface area contributed by atoms with Crippen molar-refractivity contribution in [3.05, 3.63) is 59.7 Å². The second-order valence-electron chi connectivity index (χ2n) is 8.48. The van der Waals surface area contributed by atoms with Gasteiger partial charge in [-0.25, -0.2) is 4.79 Å². The van der Waals surface area contributed by atoms with Gasteiger partial charge in [0.1, 0.15) is 17.5 Å². The number of rotatable bonds is 13. The summed E-state index contributed by atoms with van der Waals surface area (Å²) < 4.78 is 5.39. The van der Waals surface area contributed by atoms with Gasteiger partial charge in [-0.2, -0.15) is 0 Å². The van der Waals surface area contributed by atoms with E-state index in [1.165, 1.54) is 48.5 Å². The predicted molar refractivity (Wildman–Crippen MR) is 127 cm³/mol. The van der Waals surface area contributed by atoms with E-state index >= 15 is 0 Å². The SMILES string of the molecule is NC(CCOc1ccc(C(O)C(=O)NC2(NC=O)CN(C(C(=O)O)c3ccc(O)cc3)C2=O)cc1)C(=O)O. The zero-order valence-corrected chi connectivity index (χ0v) is 19.8. The first-order valence-electron chi connectivity index (χ1n) is 11.2. The van der Waals surface area contributed by atoms with Gasteiger partial charge in [-0.15, -0.1) is 0 Å². The standard InChI is InChI=1S/C24H26N4O10/c25-17(21(33)34)9-10-38-16-7-3-14(4-8-16)19(31)20(32)27-24(26-12-29)11-28(23(24)37)18(22(35)36)13-1-5-15(30)6-2-13/h1-8,12,17-19,30-31H,9-11,25H2,(H,26,29)(H,27,32)(H,33,34)(H,35,36). The quantitative estimate of drug-likeness (QED) is 0.0927. The fourth-order valence-electron chi connectivity index (χ4n) is 3.81. The van der Waals surface area contributed by atoms with E-state index < -0.39 is 54.1 Å². The molecule has 4 unspecified atom stereocenters. The molecule has 0 radical (unpaired) electrons. The molecule has 0 aliphatic carbocycles. The number of aliphatic hydroxyl groups excluding tert-OH is 1. The number of ether oxygens (including phenoxy) is 1. The fourth-order valence-corrected chi connectivity index (χ4v) is 3.81. The third-order valence-electron chi connectivity index (χ3n) is 5.89. The number of phenolic OH excluding ortho intramolecular Hbond substituents is 1. The molecule has 1 aliphatic rings. The average Bonchev–Trinajstić information content (AvgIpc) is 2.88. The van der Waals surface area contributed by atoms with E-state index in [2.05, 4.69) is 10.6 Å². The maximum Gasteiger partial charge on any atom is 0.331 e. The Morgan fingerprint density at radius 1 is 1.05 bits per heavy atom. The smallest absolute Gasteiger partial charge is 0.331 e. The largest absolute Gasteiger partial charge is 0.508 e. The minimum absolute atomic E-state index is 0.0236. The molecule has 1 saturated heterocycles. The fraction of sp³-hybridized carbons (Fsp3) is 0.292. The van der Waals surface area contributed by atoms with Gasteiger partial charge in [-0.3, -0.25) is 19.2 Å². The Bertz CT molecular complexity index is 1200. The average molecular weight is 530 g/mol. The van der Waals surface area contributed by atoms with Gasteiger partial charge in [0.25, 0.3) is 11.8 Å². The van der Waals surface area contributed by atoms with Gasteiger partial charge in [-0.1, -0.05) is 24.3 Å². The van der Waals surface area contributed by atoms with E-state index in [0.717, 1.165) is 4.90 Å². The highest BCUT2D eigenvalue weighted by Gasteiger charge is 2.57. The molecule has 8 N–H and O–H groups in total. The monoisotopic (exact) mass is 530 g/mol. The second kappa shape index (κ2) is 11.6. The van der Waals surface area contributed by atoms with Crippen LogP contribution in [0.3, 0.4) is 0 Å². The van der Waals surface area contributed by atoms with Crippen LogP contribution in [0.5, 0.6) is 11.5 Å². The van der Waals surface area contributed by atoms with Crippen molar-refractivity contribution in [2.24, 2.45) is 5.73 Å². The van der Waals surface area contributed by atoms with E-state index in [1.54, 1.807) is 0 Å². The number of likely N-dealkylation sites (tertiary alicyclic amines) is 1. The van der Waals surface area contributed by atoms with Crippen LogP contribution >= 0.6 is 0 Å². The highest BCUT2D eigenvalue weighted by Crippen LogP contribution is 2.33. The van der Waals surface area contributed by atoms with Crippen LogP contribution in [0.15, 0.2) is 48.5 Å². The predicted octanol–water partition coefficient (Wildman–Crippen LogP) is -1.17. The molecule has 3 amide bonds. The van der Waals surface area contributed by atoms with E-state index in [-0.39, 0.29) is 36.3 Å². The lowest BCUT2D eigenvalue weighted by atomic mass is 9.92. The van der Waals surface area contributed by atoms with Gasteiger partial charge >= 0.3 is 11.9 Å². The van der Waals surface area contributed by atoms with Gasteiger partial charge in [-0.05, 0) is 35.4 Å². The summed E-state index contributed by atoms with van der Waals surface area (Å²) in [6.07, 6.45) is -1.53. The number of aliphatic carboxylic acids is 2. The summed E-state index contributed by atoms with van der Waals surface area (Å²) in [6, 6.07) is 8.24. The van der Waals surface area contributed by atoms with Crippen LogP contribution < -0.4 is 21.1 Å². The van der Waals surface area contributed by atoms with Crippen molar-refractivity contribution in [1.82, 2.24) is 15.5 Å². The number of carbonyl (C=O) groups excluding carboxylic acids is 3. The lowest BCUT2D eigenvalue weighted by molar-refractivity contribution is -0.171. The maximum absolute atomic E-state index is 13.0. The molecular weight excluding hydrogens is 504 g/mol. The lowest BCUT2D eigenvalue weighted by Gasteiger charge is -2.50. The van der Waals surface area contributed by atoms with Gasteiger partial charge in [0, 0.05) is 6.42 Å². The lowest BCUT2D eigenvalue weighted by Crippen LogP contribution is -2.81. The van der Waals surface area contributed by atoms with Gasteiger partial charge in [0.05, 0.1) is 13.2 Å². The Labute approximate surface area is 215 Å². The number of aliphatic hydroxyl groups is 1. The Morgan fingerprint density at radius 2 is 1.66 bits per heavy atom. The van der Waals surface area contributed by atoms with Crippen molar-refractivity contribution in [2.75, 3.05) is 13.2 Å². The van der Waals surface area contributed by atoms with Crippen molar-refractivity contribution in [3.8, 4) is 11.5 Å². The highest BCUT2D eigenvalue weighted by molar-refractivity contribution is 6.00. The third kappa shape index (κ3) is 5.99. The van der Waals surface area contributed by atoms with Gasteiger partial charge in [0.2, 0.25) is 12.1 Å². The summed E-state index contributed by atoms with van der Waals surface area (Å²) in [5.41, 5.74) is 3.73. The molecule has 0 bridgehead atoms. The topological polar surface area (TPSA) is 229 Å². The zero-order valence-electron chi connectivity index (χ0n) is 19.8. The molecule has 0 aromatic heterocycles. The summed E-state index contributed by atoms with van der Waals surface area (Å²) in [7, 11) is 0. The molecule has 1 fully saturated rings. The third-order valence-corrected chi connectivity index (χ3v) is 5.89. The van der Waals surface area contributed by atoms with Crippen LogP contribution in [0.2, 0.25) is 0 Å². The Balaban J connectivity index is 1.66. The molecule has 1 aliphatic heterocycles. The molecule has 1 heterocycles. The number of nitrogens with zero attached hydrogens (tertiary/aromatic N) is 1. The maximum atomic E-state index is 13.0. The molecular formula is C24H26N4O10. The molecule has 14 nitrogen and oxygen atoms in total. The number of aromatic hydroxyl groups is 1. The number of amides is 3. The molecule has 202 valence electrons. The number of carboxylic acids is 2. The molecule has 2 aromatic rings. The van der Waals surface area contributed by atoms with Gasteiger partial charge < -0.3 is 46.4 Å². The minimum atomic E-state index is -1.98. The highest BCUT2D eigenvalue weighted by atomic mass is 16.5. The number of hydrogen-bond acceptors (Lipinski definition) is 9. The van der Waals surface area contributed by atoms with Crippen molar-refractivity contribution in [2.45, 2.75) is 30.3 Å². The number of benzene rings is 2. The number of β-lactam (4-membered cyclic amide) rings is 1. The Morgan fingerprint density at radius 3 is 2.18 bits per heavy atom. The summed E-state index contributed by atoms with van der Waals surface area (Å²) in [5, 5.41) is 42.9. The number of carbonyl (C=O) groups is 5. The minimum Gasteiger partial charge on any atom is -0.508 e. The molecule has 2 aromatic carbocycles. The molecule has 38 heavy (non-hydrogen) atoms. The van der Waals surface area contributed by atoms with Crippen molar-refractivity contribution < 1.29 is 49.1 Å². The number of nitrogens with one attached hydrogen (secondary N) is 2. The summed E-state index contributed by atoms with van der Waals surface area (Å²) in [5.74, 6) is -4.27. The van der Waals surface area contributed by atoms with Crippen LogP contribution in [-0.4, -0.2) is 80.3 Å². The summed E-state index contributed by atoms with van der Waals surface area (Å²) in [4.78, 5) is 60.5. The van der Waals surface area contributed by atoms with Crippen LogP contribution in [0.4, 0.5) is 0 Å². The van der Waals surface area contributed by atoms with Crippen LogP contribution in [0.25, 0.3) is 0 Å². The van der Waals surface area contributed by atoms with Crippen LogP contribution in [-0.2, 0) is 24.0 Å². The van der Waals surface area contributed by atoms with Crippen molar-refractivity contribution in [1.29, 1.82) is 0 Å². The number of carboxylic acid groups (broad SMARTS) is 2. The first-order valence-corrected chi connectivity index (χ1v) is 11.2. The molecule has 3 rings (SSSR count). The Kier molecular flexibility index (Phi) is 8.50. The number of phenols is 1. The molecule has 14 heteroatoms. The summed E-state index contributed by atoms with van der Waals surface area (Å²) >= 11 is 0. The summed E-state index contributed by atoms with van der Waals surface area (Å²) in [6.45, 7) is -0.387. The van der Waals surface area contributed by atoms with Crippen LogP contribution in [0.1, 0.15) is 29.7 Å². The first-order chi connectivity index (χ1) is 18.0. The molecule has 0 spiro atoms. The van der Waals surface area contributed by atoms with E-state index in [0.29, 0.717) is 5.75 Å².